The molecule has 0 spiro atoms. The summed E-state index contributed by atoms with van der Waals surface area (Å²) in [6.07, 6.45) is -4.56. The Kier molecular flexibility index (Phi) is 16.3. The molecule has 2 aromatic carbocycles. The van der Waals surface area contributed by atoms with Crippen LogP contribution in [0.15, 0.2) is 85.2 Å². The summed E-state index contributed by atoms with van der Waals surface area (Å²) >= 11 is 13.1. The summed E-state index contributed by atoms with van der Waals surface area (Å²) in [7, 11) is 0. The normalized spacial score (nSPS) is 19.4. The molecule has 81 heavy (non-hydrogen) atoms. The highest BCUT2D eigenvalue weighted by atomic mass is 35.5. The Morgan fingerprint density at radius 3 is 1.65 bits per heavy atom. The number of nitrogens with one attached hydrogen (secondary N) is 2. The van der Waals surface area contributed by atoms with Crippen LogP contribution in [0, 0.1) is 0 Å². The lowest BCUT2D eigenvalue weighted by molar-refractivity contribution is -0.141. The second kappa shape index (κ2) is 23.2. The number of halogens is 8. The fraction of sp³-hybridized carbons (Fsp3) is 0.396. The molecule has 4 bridgehead atoms. The molecule has 4 atom stereocenters. The number of rotatable bonds is 11. The van der Waals surface area contributed by atoms with Gasteiger partial charge in [0.15, 0.2) is 17.4 Å². The second-order valence-electron chi connectivity index (χ2n) is 19.9. The van der Waals surface area contributed by atoms with Crippen LogP contribution in [0.2, 0.25) is 10.0 Å². The molecule has 0 saturated carbocycles. The number of aromatic nitrogens is 6. The van der Waals surface area contributed by atoms with E-state index in [1.54, 1.807) is 12.1 Å². The number of amides is 4. The molecule has 20 nitrogen and oxygen atoms in total. The highest BCUT2D eigenvalue weighted by Gasteiger charge is 2.42. The molecule has 28 heteroatoms. The molecule has 4 amide bonds. The van der Waals surface area contributed by atoms with Crippen molar-refractivity contribution in [2.24, 2.45) is 0 Å². The first kappa shape index (κ1) is 56.9. The summed E-state index contributed by atoms with van der Waals surface area (Å²) in [5, 5.41) is 24.3. The predicted molar refractivity (Wildman–Crippen MR) is 286 cm³/mol. The van der Waals surface area contributed by atoms with Crippen LogP contribution in [0.25, 0.3) is 22.5 Å². The number of alkyl halides is 6. The third-order valence-corrected chi connectivity index (χ3v) is 14.3. The third kappa shape index (κ3) is 12.9. The molecule has 11 rings (SSSR count). The number of hydrogen-bond acceptors (Lipinski definition) is 16. The van der Waals surface area contributed by atoms with E-state index >= 15 is 0 Å². The number of benzene rings is 2. The zero-order chi connectivity index (χ0) is 57.4. The van der Waals surface area contributed by atoms with Gasteiger partial charge in [-0.2, -0.15) is 36.3 Å². The number of piperidine rings is 2. The monoisotopic (exact) mass is 1170 g/mol. The van der Waals surface area contributed by atoms with E-state index in [0.29, 0.717) is 43.3 Å². The van der Waals surface area contributed by atoms with E-state index < -0.39 is 54.0 Å². The molecule has 5 aliphatic rings. The van der Waals surface area contributed by atoms with Gasteiger partial charge in [0, 0.05) is 49.7 Å². The number of carbonyl (C=O) groups excluding carboxylic acids is 2. The average molecular weight is 1170 g/mol. The van der Waals surface area contributed by atoms with E-state index in [9.17, 15) is 41.0 Å². The fourth-order valence-electron chi connectivity index (χ4n) is 10.0. The zero-order valence-corrected chi connectivity index (χ0v) is 44.7. The molecule has 3 saturated heterocycles. The van der Waals surface area contributed by atoms with E-state index in [2.05, 4.69) is 50.3 Å². The number of ether oxygens (including phenoxy) is 4. The number of urea groups is 2. The standard InChI is InChI=1S/C28H28ClF3N6O4.C25H24ClF3N6O4/c1-27(2)41-15-19(42-27)14-40-25-33-9-8-22(34-25)35-26(39)38-18-7-4-10-37(13-18)21-12-20(29)23(36-24(21)38)16-5-3-6-17(11-16)28(30,31)32;26-18-10-19-22(33-21(18)14-3-1-4-15(9-14)25(27,28)29)35(16-5-2-8-34(19)11-16)24(38)32-20-6-7-30-23(31-20)39-13-17(37)12-36/h3,5-6,8-9,11-12,18-19H,4,7,10,13-15H2,1-2H3,(H,33,34,35,39);1,3-4,6-7,9-10,16-17,36-37H,2,5,8,11-13H2,(H,30,31,32,38)/t18-,19+;16-,17-/m00/s1. The van der Waals surface area contributed by atoms with E-state index in [1.807, 2.05) is 13.8 Å². The van der Waals surface area contributed by atoms with Gasteiger partial charge in [-0.3, -0.25) is 20.4 Å². The number of hydrogen-bond donors (Lipinski definition) is 4. The van der Waals surface area contributed by atoms with Crippen molar-refractivity contribution in [2.75, 3.05) is 82.8 Å². The van der Waals surface area contributed by atoms with Crippen LogP contribution in [0.1, 0.15) is 50.7 Å². The maximum atomic E-state index is 13.7. The van der Waals surface area contributed by atoms with Crippen LogP contribution in [-0.2, 0) is 21.8 Å². The lowest BCUT2D eigenvalue weighted by Crippen LogP contribution is -2.56. The smallest absolute Gasteiger partial charge is 0.416 e. The minimum Gasteiger partial charge on any atom is -0.461 e. The Hall–Kier alpha value is -7.36. The Morgan fingerprint density at radius 1 is 0.728 bits per heavy atom. The van der Waals surface area contributed by atoms with E-state index in [1.165, 1.54) is 58.6 Å². The molecule has 4 N–H and O–H groups in total. The van der Waals surface area contributed by atoms with Crippen LogP contribution in [0.4, 0.5) is 70.6 Å². The molecule has 6 aromatic rings. The van der Waals surface area contributed by atoms with Gasteiger partial charge in [0.2, 0.25) is 0 Å². The molecular formula is C53H52Cl2F6N12O8. The Bertz CT molecular complexity index is 3310. The largest absolute Gasteiger partial charge is 0.461 e. The summed E-state index contributed by atoms with van der Waals surface area (Å²) in [6.45, 7) is 6.02. The van der Waals surface area contributed by atoms with E-state index in [-0.39, 0.29) is 93.4 Å². The number of aliphatic hydroxyl groups excluding tert-OH is 2. The summed E-state index contributed by atoms with van der Waals surface area (Å²) in [5.41, 5.74) is 0.233. The highest BCUT2D eigenvalue weighted by molar-refractivity contribution is 6.34. The first-order valence-electron chi connectivity index (χ1n) is 25.6. The summed E-state index contributed by atoms with van der Waals surface area (Å²) in [6, 6.07) is 14.2. The number of pyridine rings is 2. The van der Waals surface area contributed by atoms with Gasteiger partial charge in [-0.25, -0.2) is 29.5 Å². The van der Waals surface area contributed by atoms with Crippen molar-refractivity contribution >= 4 is 69.9 Å². The van der Waals surface area contributed by atoms with Crippen LogP contribution in [-0.4, -0.2) is 135 Å². The number of aliphatic hydroxyl groups is 2. The Morgan fingerprint density at radius 2 is 1.21 bits per heavy atom. The Balaban J connectivity index is 0.000000182. The van der Waals surface area contributed by atoms with Crippen molar-refractivity contribution in [1.82, 2.24) is 29.9 Å². The van der Waals surface area contributed by atoms with Crippen LogP contribution in [0.5, 0.6) is 12.0 Å². The van der Waals surface area contributed by atoms with Gasteiger partial charge in [-0.15, -0.1) is 0 Å². The van der Waals surface area contributed by atoms with Gasteiger partial charge < -0.3 is 39.0 Å². The molecule has 3 fully saturated rings. The van der Waals surface area contributed by atoms with Gasteiger partial charge in [0.25, 0.3) is 0 Å². The van der Waals surface area contributed by atoms with Crippen molar-refractivity contribution < 1.29 is 65.1 Å². The Labute approximate surface area is 469 Å². The zero-order valence-electron chi connectivity index (χ0n) is 43.2. The summed E-state index contributed by atoms with van der Waals surface area (Å²) < 4.78 is 103. The maximum Gasteiger partial charge on any atom is 0.416 e. The van der Waals surface area contributed by atoms with E-state index in [0.717, 1.165) is 56.6 Å². The molecule has 5 aliphatic heterocycles. The number of fused-ring (bicyclic) bond motifs is 8. The number of anilines is 6. The van der Waals surface area contributed by atoms with Gasteiger partial charge in [0.1, 0.15) is 37.1 Å². The quantitative estimate of drug-likeness (QED) is 0.0886. The second-order valence-corrected chi connectivity index (χ2v) is 20.7. The molecule has 0 radical (unpaired) electrons. The van der Waals surface area contributed by atoms with Gasteiger partial charge >= 0.3 is 36.4 Å². The fourth-order valence-corrected chi connectivity index (χ4v) is 10.5. The van der Waals surface area contributed by atoms with Crippen molar-refractivity contribution in [3.63, 3.8) is 0 Å². The SMILES string of the molecule is CC1(C)OC[C@@H](COc2nccc(NC(=O)N3c4nc(-c5cccc(C(F)(F)F)c5)c(Cl)cc4N4CCC[C@H]3C4)n2)O1.O=C(Nc1ccnc(OC[C@@H](O)CO)n1)N1c2nc(-c3cccc(C(F)(F)F)c3)c(Cl)cc2N2CCC[C@H]1C2. The first-order chi connectivity index (χ1) is 38.6. The minimum absolute atomic E-state index is 0.0562. The van der Waals surface area contributed by atoms with E-state index in [4.69, 9.17) is 47.3 Å². The summed E-state index contributed by atoms with van der Waals surface area (Å²) in [5.74, 6) is 0.225. The minimum atomic E-state index is -4.54. The molecule has 0 unspecified atom stereocenters. The lowest BCUT2D eigenvalue weighted by Gasteiger charge is -2.46. The molecule has 9 heterocycles. The van der Waals surface area contributed by atoms with Crippen LogP contribution in [0.3, 0.4) is 0 Å². The molecule has 428 valence electrons. The highest BCUT2D eigenvalue weighted by Crippen LogP contribution is 2.45. The molecule has 4 aromatic heterocycles. The topological polar surface area (TPSA) is 226 Å². The van der Waals surface area contributed by atoms with Crippen molar-refractivity contribution in [2.45, 2.75) is 82.0 Å². The van der Waals surface area contributed by atoms with Gasteiger partial charge in [-0.05, 0) is 88.1 Å². The first-order valence-corrected chi connectivity index (χ1v) is 26.4. The van der Waals surface area contributed by atoms with Crippen LogP contribution >= 0.6 is 23.2 Å². The lowest BCUT2D eigenvalue weighted by atomic mass is 9.99. The van der Waals surface area contributed by atoms with Crippen molar-refractivity contribution in [3.8, 4) is 34.5 Å². The predicted octanol–water partition coefficient (Wildman–Crippen LogP) is 9.73. The number of nitrogens with zero attached hydrogens (tertiary/aromatic N) is 10. The molecule has 0 aliphatic carbocycles. The van der Waals surface area contributed by atoms with Gasteiger partial charge in [0.05, 0.1) is 69.2 Å². The van der Waals surface area contributed by atoms with Crippen LogP contribution < -0.4 is 39.7 Å². The maximum absolute atomic E-state index is 13.7. The average Bonchev–Trinajstić information content (AvgIpc) is 3.96. The van der Waals surface area contributed by atoms with Gasteiger partial charge in [-0.1, -0.05) is 47.5 Å². The number of carbonyl (C=O) groups is 2. The van der Waals surface area contributed by atoms with Crippen molar-refractivity contribution in [1.29, 1.82) is 0 Å². The third-order valence-electron chi connectivity index (χ3n) is 13.7. The van der Waals surface area contributed by atoms with Crippen molar-refractivity contribution in [3.05, 3.63) is 106 Å². The molecular weight excluding hydrogens is 1120 g/mol. The summed E-state index contributed by atoms with van der Waals surface area (Å²) in [4.78, 5) is 60.2.